The van der Waals surface area contributed by atoms with E-state index in [0.717, 1.165) is 18.8 Å². The fraction of sp³-hybridized carbons (Fsp3) is 0.500. The zero-order valence-corrected chi connectivity index (χ0v) is 9.05. The molecule has 0 fully saturated rings. The first-order valence-electron chi connectivity index (χ1n) is 5.14. The Kier molecular flexibility index (Phi) is 2.46. The molecule has 14 heavy (non-hydrogen) atoms. The van der Waals surface area contributed by atoms with Crippen LogP contribution in [0.3, 0.4) is 0 Å². The second-order valence-corrected chi connectivity index (χ2v) is 3.90. The van der Waals surface area contributed by atoms with Crippen molar-refractivity contribution in [3.63, 3.8) is 0 Å². The van der Waals surface area contributed by atoms with Gasteiger partial charge in [-0.05, 0) is 32.0 Å². The molecule has 0 aliphatic carbocycles. The highest BCUT2D eigenvalue weighted by atomic mass is 16.5. The van der Waals surface area contributed by atoms with Crippen LogP contribution in [0.2, 0.25) is 0 Å². The first kappa shape index (κ1) is 9.53. The van der Waals surface area contributed by atoms with Gasteiger partial charge in [-0.1, -0.05) is 12.1 Å². The Morgan fingerprint density at radius 1 is 1.36 bits per heavy atom. The SMILES string of the molecule is CNC1CCOc2c1ccc(C)c2C. The van der Waals surface area contributed by atoms with E-state index in [2.05, 4.69) is 31.3 Å². The van der Waals surface area contributed by atoms with E-state index in [4.69, 9.17) is 4.74 Å². The van der Waals surface area contributed by atoms with Crippen LogP contribution in [0, 0.1) is 13.8 Å². The number of hydrogen-bond donors (Lipinski definition) is 1. The van der Waals surface area contributed by atoms with Crippen molar-refractivity contribution in [3.05, 3.63) is 28.8 Å². The van der Waals surface area contributed by atoms with Crippen molar-refractivity contribution in [1.82, 2.24) is 5.32 Å². The van der Waals surface area contributed by atoms with Gasteiger partial charge < -0.3 is 10.1 Å². The fourth-order valence-corrected chi connectivity index (χ4v) is 2.01. The number of benzene rings is 1. The van der Waals surface area contributed by atoms with Crippen LogP contribution < -0.4 is 10.1 Å². The molecule has 1 aromatic rings. The van der Waals surface area contributed by atoms with Crippen LogP contribution in [-0.4, -0.2) is 13.7 Å². The van der Waals surface area contributed by atoms with Gasteiger partial charge in [0.15, 0.2) is 0 Å². The molecule has 0 spiro atoms. The summed E-state index contributed by atoms with van der Waals surface area (Å²) in [5.74, 6) is 1.09. The smallest absolute Gasteiger partial charge is 0.127 e. The number of rotatable bonds is 1. The lowest BCUT2D eigenvalue weighted by molar-refractivity contribution is 0.255. The Bertz CT molecular complexity index is 346. The molecule has 1 atom stereocenters. The molecular formula is C12H17NO. The van der Waals surface area contributed by atoms with Crippen molar-refractivity contribution in [2.75, 3.05) is 13.7 Å². The number of hydrogen-bond acceptors (Lipinski definition) is 2. The molecule has 2 nitrogen and oxygen atoms in total. The summed E-state index contributed by atoms with van der Waals surface area (Å²) >= 11 is 0. The van der Waals surface area contributed by atoms with E-state index >= 15 is 0 Å². The Hall–Kier alpha value is -1.02. The zero-order chi connectivity index (χ0) is 10.1. The lowest BCUT2D eigenvalue weighted by Gasteiger charge is -2.27. The van der Waals surface area contributed by atoms with Gasteiger partial charge >= 0.3 is 0 Å². The van der Waals surface area contributed by atoms with Crippen LogP contribution >= 0.6 is 0 Å². The summed E-state index contributed by atoms with van der Waals surface area (Å²) in [6, 6.07) is 4.81. The van der Waals surface area contributed by atoms with Crippen molar-refractivity contribution in [2.45, 2.75) is 26.3 Å². The maximum Gasteiger partial charge on any atom is 0.127 e. The van der Waals surface area contributed by atoms with Crippen LogP contribution in [0.1, 0.15) is 29.2 Å². The van der Waals surface area contributed by atoms with E-state index < -0.39 is 0 Å². The molecule has 0 bridgehead atoms. The molecule has 1 aliphatic heterocycles. The van der Waals surface area contributed by atoms with Gasteiger partial charge in [0.05, 0.1) is 6.61 Å². The second kappa shape index (κ2) is 3.62. The largest absolute Gasteiger partial charge is 0.493 e. The number of fused-ring (bicyclic) bond motifs is 1. The molecule has 76 valence electrons. The van der Waals surface area contributed by atoms with Gasteiger partial charge in [0, 0.05) is 18.0 Å². The highest BCUT2D eigenvalue weighted by molar-refractivity contribution is 5.47. The Balaban J connectivity index is 2.50. The number of nitrogens with one attached hydrogen (secondary N) is 1. The predicted octanol–water partition coefficient (Wildman–Crippen LogP) is 2.35. The van der Waals surface area contributed by atoms with E-state index in [1.807, 2.05) is 7.05 Å². The molecular weight excluding hydrogens is 174 g/mol. The van der Waals surface area contributed by atoms with Gasteiger partial charge in [-0.25, -0.2) is 0 Å². The summed E-state index contributed by atoms with van der Waals surface area (Å²) in [4.78, 5) is 0. The summed E-state index contributed by atoms with van der Waals surface area (Å²) in [5.41, 5.74) is 3.89. The fourth-order valence-electron chi connectivity index (χ4n) is 2.01. The highest BCUT2D eigenvalue weighted by Crippen LogP contribution is 2.35. The first-order valence-corrected chi connectivity index (χ1v) is 5.14. The molecule has 0 amide bonds. The van der Waals surface area contributed by atoms with Crippen LogP contribution in [0.15, 0.2) is 12.1 Å². The molecule has 0 saturated carbocycles. The highest BCUT2D eigenvalue weighted by Gasteiger charge is 2.21. The number of aryl methyl sites for hydroxylation is 1. The molecule has 0 aromatic heterocycles. The van der Waals surface area contributed by atoms with Crippen molar-refractivity contribution in [1.29, 1.82) is 0 Å². The lowest BCUT2D eigenvalue weighted by atomic mass is 9.96. The molecule has 1 heterocycles. The van der Waals surface area contributed by atoms with Crippen molar-refractivity contribution in [3.8, 4) is 5.75 Å². The van der Waals surface area contributed by atoms with Crippen molar-refractivity contribution in [2.24, 2.45) is 0 Å². The summed E-state index contributed by atoms with van der Waals surface area (Å²) in [6.07, 6.45) is 1.06. The lowest BCUT2D eigenvalue weighted by Crippen LogP contribution is -2.24. The minimum atomic E-state index is 0.457. The Morgan fingerprint density at radius 3 is 2.86 bits per heavy atom. The summed E-state index contributed by atoms with van der Waals surface area (Å²) in [7, 11) is 2.01. The zero-order valence-electron chi connectivity index (χ0n) is 9.05. The normalized spacial score (nSPS) is 20.1. The van der Waals surface area contributed by atoms with Gasteiger partial charge in [0.25, 0.3) is 0 Å². The van der Waals surface area contributed by atoms with Gasteiger partial charge in [-0.3, -0.25) is 0 Å². The van der Waals surface area contributed by atoms with E-state index in [9.17, 15) is 0 Å². The average Bonchev–Trinajstić information content (AvgIpc) is 2.23. The molecule has 1 N–H and O–H groups in total. The average molecular weight is 191 g/mol. The summed E-state index contributed by atoms with van der Waals surface area (Å²) in [5, 5.41) is 3.33. The van der Waals surface area contributed by atoms with Crippen LogP contribution in [0.25, 0.3) is 0 Å². The third-order valence-electron chi connectivity index (χ3n) is 3.08. The maximum absolute atomic E-state index is 5.73. The molecule has 0 saturated heterocycles. The summed E-state index contributed by atoms with van der Waals surface area (Å²) in [6.45, 7) is 5.08. The molecule has 1 unspecified atom stereocenters. The van der Waals surface area contributed by atoms with Crippen molar-refractivity contribution >= 4 is 0 Å². The van der Waals surface area contributed by atoms with Crippen molar-refractivity contribution < 1.29 is 4.74 Å². The molecule has 1 aromatic carbocycles. The predicted molar refractivity (Wildman–Crippen MR) is 57.8 cm³/mol. The maximum atomic E-state index is 5.73. The quantitative estimate of drug-likeness (QED) is 0.735. The number of ether oxygens (including phenoxy) is 1. The molecule has 0 radical (unpaired) electrons. The minimum absolute atomic E-state index is 0.457. The minimum Gasteiger partial charge on any atom is -0.493 e. The first-order chi connectivity index (χ1) is 6.74. The topological polar surface area (TPSA) is 21.3 Å². The van der Waals surface area contributed by atoms with Gasteiger partial charge in [-0.15, -0.1) is 0 Å². The van der Waals surface area contributed by atoms with E-state index in [0.29, 0.717) is 6.04 Å². The monoisotopic (exact) mass is 191 g/mol. The van der Waals surface area contributed by atoms with Gasteiger partial charge in [-0.2, -0.15) is 0 Å². The van der Waals surface area contributed by atoms with E-state index in [1.54, 1.807) is 0 Å². The summed E-state index contributed by atoms with van der Waals surface area (Å²) < 4.78 is 5.73. The van der Waals surface area contributed by atoms with Gasteiger partial charge in [0.2, 0.25) is 0 Å². The van der Waals surface area contributed by atoms with Gasteiger partial charge in [0.1, 0.15) is 5.75 Å². The third kappa shape index (κ3) is 1.40. The van der Waals surface area contributed by atoms with Crippen LogP contribution in [0.4, 0.5) is 0 Å². The Labute approximate surface area is 85.3 Å². The van der Waals surface area contributed by atoms with E-state index in [1.165, 1.54) is 16.7 Å². The standard InChI is InChI=1S/C12H17NO/c1-8-4-5-10-11(13-3)6-7-14-12(10)9(8)2/h4-5,11,13H,6-7H2,1-3H3. The molecule has 2 rings (SSSR count). The molecule has 1 aliphatic rings. The third-order valence-corrected chi connectivity index (χ3v) is 3.08. The van der Waals surface area contributed by atoms with Crippen LogP contribution in [-0.2, 0) is 0 Å². The molecule has 2 heteroatoms. The Morgan fingerprint density at radius 2 is 2.14 bits per heavy atom. The van der Waals surface area contributed by atoms with Crippen LogP contribution in [0.5, 0.6) is 5.75 Å². The second-order valence-electron chi connectivity index (χ2n) is 3.90. The van der Waals surface area contributed by atoms with E-state index in [-0.39, 0.29) is 0 Å².